The Balaban J connectivity index is 0.000000240. The van der Waals surface area contributed by atoms with E-state index in [-0.39, 0.29) is 106 Å². The number of halogens is 15. The number of ether oxygens (including phenoxy) is 4. The molecule has 15 nitrogen and oxygen atoms in total. The number of anilines is 1. The maximum atomic E-state index is 17.4. The van der Waals surface area contributed by atoms with Crippen molar-refractivity contribution in [3.63, 3.8) is 0 Å². The molecule has 6 heterocycles. The number of carbonyl (C=O) groups is 4. The maximum absolute atomic E-state index is 17.4. The Kier molecular flexibility index (Phi) is 23.4. The Morgan fingerprint density at radius 2 is 1.20 bits per heavy atom. The SMILES string of the molecule is CC1CC(C)(C)N(CCCC(=O)CCCC2CCOCC2)c2c1cc1c(c2F)Oc2c(cc(F)c(OS(=O)(=O)C(F)(F)F)c2F)C12OC(=O)c1ccccc12.Cc1cc(C(=O)CCCC2CCOCC2)ccc1C1=C2C=C(F)C(=O)C(F)=C2[Si](C)(C)c2c1cc(F)c(OS(=O)(=O)C(F)(F)F)c2F.[Cl-].[Cl-]. The van der Waals surface area contributed by atoms with E-state index in [1.165, 1.54) is 61.6 Å². The summed E-state index contributed by atoms with van der Waals surface area (Å²) in [5.74, 6) is -19.3. The maximum Gasteiger partial charge on any atom is 0.534 e. The Bertz CT molecular complexity index is 4650. The molecule has 1 spiro atoms. The highest BCUT2D eigenvalue weighted by atomic mass is 35.5. The lowest BCUT2D eigenvalue weighted by molar-refractivity contribution is -0.119. The monoisotopic (exact) mass is 1570 g/mol. The van der Waals surface area contributed by atoms with Crippen LogP contribution in [0.5, 0.6) is 23.0 Å². The zero-order chi connectivity index (χ0) is 74.3. The molecular formula is C71H68Cl2F13NO14S2Si-2. The Morgan fingerprint density at radius 1 is 0.663 bits per heavy atom. The van der Waals surface area contributed by atoms with Gasteiger partial charge in [-0.15, -0.1) is 0 Å². The minimum atomic E-state index is -6.57. The van der Waals surface area contributed by atoms with Crippen LogP contribution in [0.4, 0.5) is 62.8 Å². The number of rotatable bonds is 18. The second-order valence-electron chi connectivity index (χ2n) is 27.5. The summed E-state index contributed by atoms with van der Waals surface area (Å²) < 4.78 is 268. The van der Waals surface area contributed by atoms with Gasteiger partial charge in [-0.05, 0) is 183 Å². The van der Waals surface area contributed by atoms with Gasteiger partial charge in [-0.25, -0.2) is 31.1 Å². The smallest absolute Gasteiger partial charge is 0.534 e. The molecule has 5 aromatic carbocycles. The van der Waals surface area contributed by atoms with Gasteiger partial charge in [-0.3, -0.25) is 14.4 Å². The van der Waals surface area contributed by atoms with Crippen molar-refractivity contribution in [2.24, 2.45) is 11.8 Å². The summed E-state index contributed by atoms with van der Waals surface area (Å²) in [6.45, 7) is 12.9. The fourth-order valence-electron chi connectivity index (χ4n) is 15.0. The van der Waals surface area contributed by atoms with Crippen LogP contribution in [0.15, 0.2) is 89.2 Å². The molecule has 2 unspecified atom stereocenters. The van der Waals surface area contributed by atoms with Crippen molar-refractivity contribution in [2.75, 3.05) is 37.9 Å². The number of ketones is 3. The lowest BCUT2D eigenvalue weighted by atomic mass is 9.73. The normalized spacial score (nSPS) is 19.9. The second-order valence-corrected chi connectivity index (χ2v) is 34.8. The average Bonchev–Trinajstić information content (AvgIpc) is 1.33. The summed E-state index contributed by atoms with van der Waals surface area (Å²) >= 11 is 0. The van der Waals surface area contributed by atoms with E-state index in [0.29, 0.717) is 79.6 Å². The number of Topliss-reactive ketones (excluding diaryl/α,β-unsaturated/α-hetero) is 3. The summed E-state index contributed by atoms with van der Waals surface area (Å²) in [5.41, 5.74) is -15.1. The number of alkyl halides is 6. The second kappa shape index (κ2) is 30.2. The van der Waals surface area contributed by atoms with Gasteiger partial charge in [0, 0.05) is 68.9 Å². The molecule has 0 amide bonds. The molecule has 2 saturated heterocycles. The molecule has 0 radical (unpaired) electrons. The van der Waals surface area contributed by atoms with E-state index in [1.54, 1.807) is 11.8 Å². The molecule has 2 atom stereocenters. The predicted molar refractivity (Wildman–Crippen MR) is 347 cm³/mol. The number of benzene rings is 5. The van der Waals surface area contributed by atoms with Crippen molar-refractivity contribution in [3.8, 4) is 23.0 Å². The van der Waals surface area contributed by atoms with E-state index in [0.717, 1.165) is 64.2 Å². The third-order valence-electron chi connectivity index (χ3n) is 19.9. The highest BCUT2D eigenvalue weighted by Gasteiger charge is 2.59. The first-order valence-corrected chi connectivity index (χ1v) is 38.7. The Morgan fingerprint density at radius 3 is 1.79 bits per heavy atom. The number of aryl methyl sites for hydroxylation is 1. The van der Waals surface area contributed by atoms with E-state index in [4.69, 9.17) is 18.9 Å². The Hall–Kier alpha value is -7.29. The van der Waals surface area contributed by atoms with Gasteiger partial charge in [0.15, 0.2) is 57.8 Å². The molecule has 0 bridgehead atoms. The number of allylic oxidation sites excluding steroid dienone is 5. The van der Waals surface area contributed by atoms with Crippen LogP contribution in [0.1, 0.15) is 170 Å². The number of esters is 1. The minimum absolute atomic E-state index is 0. The van der Waals surface area contributed by atoms with Gasteiger partial charge in [-0.1, -0.05) is 50.3 Å². The summed E-state index contributed by atoms with van der Waals surface area (Å²) in [6, 6.07) is 12.7. The van der Waals surface area contributed by atoms with Crippen LogP contribution in [-0.2, 0) is 49.6 Å². The lowest BCUT2D eigenvalue weighted by Gasteiger charge is -2.49. The number of hydrogen-bond acceptors (Lipinski definition) is 15. The molecule has 0 saturated carbocycles. The quantitative estimate of drug-likeness (QED) is 0.0201. The van der Waals surface area contributed by atoms with E-state index >= 15 is 26.3 Å². The first-order valence-electron chi connectivity index (χ1n) is 32.8. The number of nitrogens with zero attached hydrogens (tertiary/aromatic N) is 1. The van der Waals surface area contributed by atoms with E-state index < -0.39 is 142 Å². The molecule has 0 N–H and O–H groups in total. The highest BCUT2D eigenvalue weighted by Crippen LogP contribution is 2.62. The number of carbonyl (C=O) groups excluding carboxylic acids is 4. The number of hydrogen-bond donors (Lipinski definition) is 0. The van der Waals surface area contributed by atoms with Gasteiger partial charge in [0.05, 0.1) is 22.4 Å². The van der Waals surface area contributed by atoms with Gasteiger partial charge in [-0.2, -0.15) is 47.6 Å². The van der Waals surface area contributed by atoms with E-state index in [9.17, 15) is 66.7 Å². The summed E-state index contributed by atoms with van der Waals surface area (Å²) in [4.78, 5) is 53.5. The standard InChI is InChI=1S/C39H39F6NO8S.C32H29F7O6SSi.2ClH/c1-21-20-37(2,3)46(15-7-10-23(47)9-6-8-22-13-16-51-17-14-22)32-25(21)18-27-33(30(32)41)52-34-28(38(27)26-12-5-4-11-24(26)36(48)53-38)19-29(40)35(31(34)42)54-55(49,50)39(43,44)45;1-16-13-18(24(40)6-4-5-17-9-11-44-12-10-17)7-8-19(16)25-20-14-22(33)28(41)26(35)30(20)47(2,3)31-21(25)15-23(34)29(27(31)36)45-46(42,43)32(37,38)39;;/h4-5,11-12,18-19,21-22H,6-10,13-17,20H2,1-3H3;7-8,13-15,17H,4-6,9-12H2,1-3H3;2*1H/p-2. The molecule has 6 aliphatic heterocycles. The highest BCUT2D eigenvalue weighted by molar-refractivity contribution is 7.88. The van der Waals surface area contributed by atoms with E-state index in [1.807, 2.05) is 20.8 Å². The van der Waals surface area contributed by atoms with Crippen LogP contribution in [0, 0.1) is 47.8 Å². The first kappa shape index (κ1) is 80.8. The summed E-state index contributed by atoms with van der Waals surface area (Å²) in [6.07, 6.45) is 9.57. The van der Waals surface area contributed by atoms with Crippen LogP contribution < -0.4 is 48.0 Å². The first-order chi connectivity index (χ1) is 47.7. The molecule has 12 rings (SSSR count). The van der Waals surface area contributed by atoms with Crippen LogP contribution in [0.2, 0.25) is 13.1 Å². The molecule has 1 aliphatic carbocycles. The molecule has 0 aromatic heterocycles. The van der Waals surface area contributed by atoms with Crippen molar-refractivity contribution >= 4 is 68.1 Å². The summed E-state index contributed by atoms with van der Waals surface area (Å²) in [5, 5.41) is -0.986. The topological polar surface area (TPSA) is 195 Å². The summed E-state index contributed by atoms with van der Waals surface area (Å²) in [7, 11) is -17.0. The van der Waals surface area contributed by atoms with Crippen molar-refractivity contribution in [1.82, 2.24) is 0 Å². The van der Waals surface area contributed by atoms with Gasteiger partial charge >= 0.3 is 37.2 Å². The number of fused-ring (bicyclic) bond motifs is 9. The van der Waals surface area contributed by atoms with Gasteiger partial charge in [0.2, 0.25) is 23.1 Å². The van der Waals surface area contributed by atoms with Gasteiger partial charge < -0.3 is 57.0 Å². The van der Waals surface area contributed by atoms with Gasteiger partial charge in [0.1, 0.15) is 13.9 Å². The Labute approximate surface area is 603 Å². The van der Waals surface area contributed by atoms with E-state index in [2.05, 4.69) is 8.37 Å². The zero-order valence-electron chi connectivity index (χ0n) is 56.5. The third kappa shape index (κ3) is 14.8. The van der Waals surface area contributed by atoms with Crippen molar-refractivity contribution in [3.05, 3.63) is 168 Å². The van der Waals surface area contributed by atoms with Crippen LogP contribution in [0.3, 0.4) is 0 Å². The van der Waals surface area contributed by atoms with Crippen LogP contribution in [-0.4, -0.2) is 97.8 Å². The van der Waals surface area contributed by atoms with Crippen molar-refractivity contribution in [2.45, 2.75) is 152 Å². The van der Waals surface area contributed by atoms with Crippen molar-refractivity contribution in [1.29, 1.82) is 0 Å². The fourth-order valence-corrected chi connectivity index (χ4v) is 19.3. The third-order valence-corrected chi connectivity index (χ3v) is 25.3. The molecular weight excluding hydrogens is 1500 g/mol. The molecule has 2 fully saturated rings. The van der Waals surface area contributed by atoms with Crippen LogP contribution in [0.25, 0.3) is 5.57 Å². The van der Waals surface area contributed by atoms with Crippen molar-refractivity contribution < 1.29 is 145 Å². The fraction of sp³-hybridized carbons (Fsp3) is 0.437. The molecule has 104 heavy (non-hydrogen) atoms. The largest absolute Gasteiger partial charge is 1.00 e. The predicted octanol–water partition coefficient (Wildman–Crippen LogP) is 10.2. The van der Waals surface area contributed by atoms with Crippen LogP contribution >= 0.6 is 0 Å². The molecule has 5 aromatic rings. The molecule has 33 heteroatoms. The van der Waals surface area contributed by atoms with Gasteiger partial charge in [0.25, 0.3) is 0 Å². The molecule has 7 aliphatic rings. The average molecular weight is 1570 g/mol. The zero-order valence-corrected chi connectivity index (χ0v) is 60.6. The lowest BCUT2D eigenvalue weighted by Crippen LogP contribution is -3.00. The minimum Gasteiger partial charge on any atom is -1.00 e. The molecule has 564 valence electrons.